The lowest BCUT2D eigenvalue weighted by Gasteiger charge is -2.25. The molecule has 3 aromatic rings. The minimum atomic E-state index is -0.308. The fourth-order valence-electron chi connectivity index (χ4n) is 2.69. The molecule has 0 saturated heterocycles. The number of nitrogens with zero attached hydrogens (tertiary/aromatic N) is 1. The van der Waals surface area contributed by atoms with Gasteiger partial charge in [0.15, 0.2) is 0 Å². The van der Waals surface area contributed by atoms with Crippen LogP contribution in [0.15, 0.2) is 48.8 Å². The summed E-state index contributed by atoms with van der Waals surface area (Å²) in [4.78, 5) is 16.9. The van der Waals surface area contributed by atoms with Gasteiger partial charge in [-0.05, 0) is 54.0 Å². The van der Waals surface area contributed by atoms with E-state index in [0.717, 1.165) is 10.1 Å². The Balaban J connectivity index is 1.51. The monoisotopic (exact) mass is 309 g/mol. The van der Waals surface area contributed by atoms with Gasteiger partial charge in [-0.25, -0.2) is 4.79 Å². The van der Waals surface area contributed by atoms with E-state index in [9.17, 15) is 4.79 Å². The third kappa shape index (κ3) is 2.50. The molecule has 0 amide bonds. The van der Waals surface area contributed by atoms with Crippen molar-refractivity contribution in [1.29, 1.82) is 0 Å². The molecule has 1 aliphatic carbocycles. The van der Waals surface area contributed by atoms with Crippen molar-refractivity contribution >= 4 is 27.4 Å². The number of carbonyl (C=O) groups excluding carboxylic acids is 1. The number of aromatic nitrogens is 1. The van der Waals surface area contributed by atoms with Crippen molar-refractivity contribution < 1.29 is 9.53 Å². The molecule has 4 heteroatoms. The van der Waals surface area contributed by atoms with E-state index in [1.807, 2.05) is 24.3 Å². The SMILES string of the molecule is O=C(Oc1ccc(C2CCC2)cc1)c1cc2ccncc2s1. The summed E-state index contributed by atoms with van der Waals surface area (Å²) in [7, 11) is 0. The van der Waals surface area contributed by atoms with Gasteiger partial charge >= 0.3 is 5.97 Å². The molecule has 2 aromatic heterocycles. The Hall–Kier alpha value is -2.20. The molecule has 0 bridgehead atoms. The minimum absolute atomic E-state index is 0.308. The molecule has 1 saturated carbocycles. The molecule has 0 aliphatic heterocycles. The molecule has 22 heavy (non-hydrogen) atoms. The van der Waals surface area contributed by atoms with Crippen LogP contribution < -0.4 is 4.74 Å². The largest absolute Gasteiger partial charge is 0.422 e. The van der Waals surface area contributed by atoms with E-state index in [4.69, 9.17) is 4.74 Å². The van der Waals surface area contributed by atoms with Crippen LogP contribution >= 0.6 is 11.3 Å². The van der Waals surface area contributed by atoms with E-state index in [-0.39, 0.29) is 5.97 Å². The molecule has 0 N–H and O–H groups in total. The molecule has 0 atom stereocenters. The number of esters is 1. The summed E-state index contributed by atoms with van der Waals surface area (Å²) in [5.41, 5.74) is 1.35. The molecule has 1 aromatic carbocycles. The summed E-state index contributed by atoms with van der Waals surface area (Å²) in [6.07, 6.45) is 7.36. The topological polar surface area (TPSA) is 39.2 Å². The summed E-state index contributed by atoms with van der Waals surface area (Å²) in [6.45, 7) is 0. The summed E-state index contributed by atoms with van der Waals surface area (Å²) in [5, 5.41) is 1.02. The number of fused-ring (bicyclic) bond motifs is 1. The van der Waals surface area contributed by atoms with E-state index >= 15 is 0 Å². The van der Waals surface area contributed by atoms with E-state index in [1.165, 1.54) is 36.2 Å². The Kier molecular flexibility index (Phi) is 3.39. The van der Waals surface area contributed by atoms with Crippen molar-refractivity contribution in [3.05, 3.63) is 59.2 Å². The number of ether oxygens (including phenoxy) is 1. The van der Waals surface area contributed by atoms with Gasteiger partial charge in [0.25, 0.3) is 0 Å². The Morgan fingerprint density at radius 3 is 2.68 bits per heavy atom. The van der Waals surface area contributed by atoms with Crippen LogP contribution in [-0.2, 0) is 0 Å². The van der Waals surface area contributed by atoms with Crippen molar-refractivity contribution in [1.82, 2.24) is 4.98 Å². The number of hydrogen-bond acceptors (Lipinski definition) is 4. The lowest BCUT2D eigenvalue weighted by Crippen LogP contribution is -2.09. The van der Waals surface area contributed by atoms with Gasteiger partial charge < -0.3 is 4.74 Å². The smallest absolute Gasteiger partial charge is 0.353 e. The number of benzene rings is 1. The maximum absolute atomic E-state index is 12.2. The maximum Gasteiger partial charge on any atom is 0.353 e. The van der Waals surface area contributed by atoms with Crippen LogP contribution in [0.1, 0.15) is 40.4 Å². The first-order chi connectivity index (χ1) is 10.8. The fourth-order valence-corrected chi connectivity index (χ4v) is 3.60. The molecule has 3 nitrogen and oxygen atoms in total. The number of hydrogen-bond donors (Lipinski definition) is 0. The van der Waals surface area contributed by atoms with Crippen LogP contribution in [0, 0.1) is 0 Å². The van der Waals surface area contributed by atoms with Crippen LogP contribution in [0.4, 0.5) is 0 Å². The van der Waals surface area contributed by atoms with E-state index in [1.54, 1.807) is 12.4 Å². The molecule has 4 rings (SSSR count). The highest BCUT2D eigenvalue weighted by atomic mass is 32.1. The molecule has 1 aliphatic rings. The zero-order chi connectivity index (χ0) is 14.9. The highest BCUT2D eigenvalue weighted by Gasteiger charge is 2.19. The average molecular weight is 309 g/mol. The Bertz CT molecular complexity index is 785. The third-order valence-electron chi connectivity index (χ3n) is 4.19. The van der Waals surface area contributed by atoms with Gasteiger partial charge in [0, 0.05) is 12.4 Å². The average Bonchev–Trinajstić information content (AvgIpc) is 2.91. The zero-order valence-electron chi connectivity index (χ0n) is 12.0. The molecule has 110 valence electrons. The van der Waals surface area contributed by atoms with Crippen molar-refractivity contribution in [2.75, 3.05) is 0 Å². The molecule has 0 unspecified atom stereocenters. The standard InChI is InChI=1S/C18H15NO2S/c20-18(16-10-14-8-9-19-11-17(14)22-16)21-15-6-4-13(5-7-15)12-2-1-3-12/h4-12H,1-3H2. The van der Waals surface area contributed by atoms with Gasteiger partial charge in [0.05, 0.1) is 4.70 Å². The second-order valence-corrected chi connectivity index (χ2v) is 6.69. The van der Waals surface area contributed by atoms with Crippen LogP contribution in [0.3, 0.4) is 0 Å². The highest BCUT2D eigenvalue weighted by Crippen LogP contribution is 2.36. The van der Waals surface area contributed by atoms with E-state index in [2.05, 4.69) is 17.1 Å². The molecule has 0 radical (unpaired) electrons. The molecule has 1 fully saturated rings. The van der Waals surface area contributed by atoms with Gasteiger partial charge in [-0.2, -0.15) is 0 Å². The van der Waals surface area contributed by atoms with Crippen LogP contribution in [0.5, 0.6) is 5.75 Å². The quantitative estimate of drug-likeness (QED) is 0.516. The number of thiophene rings is 1. The summed E-state index contributed by atoms with van der Waals surface area (Å²) in [5.74, 6) is 0.987. The second-order valence-electron chi connectivity index (χ2n) is 5.61. The number of carbonyl (C=O) groups is 1. The lowest BCUT2D eigenvalue weighted by atomic mass is 9.80. The fraction of sp³-hybridized carbons (Fsp3) is 0.222. The number of rotatable bonds is 3. The van der Waals surface area contributed by atoms with Gasteiger partial charge in [-0.3, -0.25) is 4.98 Å². The van der Waals surface area contributed by atoms with Gasteiger partial charge in [-0.15, -0.1) is 11.3 Å². The van der Waals surface area contributed by atoms with E-state index < -0.39 is 0 Å². The molecule has 2 heterocycles. The van der Waals surface area contributed by atoms with Crippen LogP contribution in [0.25, 0.3) is 10.1 Å². The number of pyridine rings is 1. The first kappa shape index (κ1) is 13.5. The van der Waals surface area contributed by atoms with Gasteiger partial charge in [0.2, 0.25) is 0 Å². The van der Waals surface area contributed by atoms with Crippen molar-refractivity contribution in [2.45, 2.75) is 25.2 Å². The predicted molar refractivity (Wildman–Crippen MR) is 87.6 cm³/mol. The summed E-state index contributed by atoms with van der Waals surface area (Å²) in [6, 6.07) is 11.7. The minimum Gasteiger partial charge on any atom is -0.422 e. The third-order valence-corrected chi connectivity index (χ3v) is 5.26. The van der Waals surface area contributed by atoms with E-state index in [0.29, 0.717) is 16.5 Å². The Labute approximate surface area is 132 Å². The van der Waals surface area contributed by atoms with Crippen LogP contribution in [0.2, 0.25) is 0 Å². The van der Waals surface area contributed by atoms with Gasteiger partial charge in [0.1, 0.15) is 10.6 Å². The normalized spacial score (nSPS) is 14.7. The molecular formula is C18H15NO2S. The Morgan fingerprint density at radius 2 is 2.00 bits per heavy atom. The zero-order valence-corrected chi connectivity index (χ0v) is 12.8. The summed E-state index contributed by atoms with van der Waals surface area (Å²) < 4.78 is 6.46. The van der Waals surface area contributed by atoms with Crippen molar-refractivity contribution in [3.8, 4) is 5.75 Å². The predicted octanol–water partition coefficient (Wildman–Crippen LogP) is 4.78. The maximum atomic E-state index is 12.2. The first-order valence-corrected chi connectivity index (χ1v) is 8.27. The Morgan fingerprint density at radius 1 is 1.18 bits per heavy atom. The van der Waals surface area contributed by atoms with Crippen molar-refractivity contribution in [3.63, 3.8) is 0 Å². The lowest BCUT2D eigenvalue weighted by molar-refractivity contribution is 0.0740. The second kappa shape index (κ2) is 5.54. The molecule has 0 spiro atoms. The highest BCUT2D eigenvalue weighted by molar-refractivity contribution is 7.20. The van der Waals surface area contributed by atoms with Crippen LogP contribution in [-0.4, -0.2) is 11.0 Å². The summed E-state index contributed by atoms with van der Waals surface area (Å²) >= 11 is 1.41. The molecular weight excluding hydrogens is 294 g/mol. The first-order valence-electron chi connectivity index (χ1n) is 7.45. The van der Waals surface area contributed by atoms with Gasteiger partial charge in [-0.1, -0.05) is 18.6 Å². The van der Waals surface area contributed by atoms with Crippen molar-refractivity contribution in [2.24, 2.45) is 0 Å².